The molecule has 0 aromatic heterocycles. The molecule has 0 amide bonds. The van der Waals surface area contributed by atoms with E-state index in [4.69, 9.17) is 37.9 Å². The van der Waals surface area contributed by atoms with E-state index in [9.17, 15) is 29.4 Å². The molecular formula is C49H72O15. The number of aliphatic hydroxyl groups excluding tert-OH is 1. The molecule has 15 nitrogen and oxygen atoms in total. The van der Waals surface area contributed by atoms with Crippen LogP contribution in [-0.4, -0.2) is 104 Å². The first-order valence-corrected chi connectivity index (χ1v) is 22.2. The van der Waals surface area contributed by atoms with Crippen molar-refractivity contribution >= 4 is 36.1 Å². The van der Waals surface area contributed by atoms with Crippen LogP contribution in [0, 0.1) is 17.8 Å². The van der Waals surface area contributed by atoms with E-state index in [0.717, 1.165) is 24.8 Å². The van der Waals surface area contributed by atoms with E-state index in [2.05, 4.69) is 11.8 Å². The molecule has 2 N–H and O–H groups in total. The largest absolute Gasteiger partial charge is 0.509 e. The predicted molar refractivity (Wildman–Crippen MR) is 236 cm³/mol. The topological polar surface area (TPSA) is 200 Å². The number of benzene rings is 1. The molecule has 64 heavy (non-hydrogen) atoms. The van der Waals surface area contributed by atoms with Crippen molar-refractivity contribution in [2.45, 2.75) is 212 Å². The average molecular weight is 901 g/mol. The maximum atomic E-state index is 15.2. The summed E-state index contributed by atoms with van der Waals surface area (Å²) in [6.07, 6.45) is -2.58. The minimum Gasteiger partial charge on any atom is -0.458 e. The van der Waals surface area contributed by atoms with Gasteiger partial charge < -0.3 is 48.1 Å². The van der Waals surface area contributed by atoms with Gasteiger partial charge in [-0.1, -0.05) is 93.9 Å². The lowest BCUT2D eigenvalue weighted by Gasteiger charge is -2.50. The van der Waals surface area contributed by atoms with E-state index >= 15 is 4.79 Å². The number of unbranched alkanes of at least 4 members (excludes halogenated alkanes) is 4. The summed E-state index contributed by atoms with van der Waals surface area (Å²) in [4.78, 5) is 72.2. The van der Waals surface area contributed by atoms with Gasteiger partial charge in [0, 0.05) is 6.42 Å². The highest BCUT2D eigenvalue weighted by atomic mass is 16.8. The van der Waals surface area contributed by atoms with Crippen LogP contribution in [0.5, 0.6) is 0 Å². The Balaban J connectivity index is 2.40. The fraction of sp³-hybridized carbons (Fsp3) is 0.694. The Labute approximate surface area is 379 Å². The summed E-state index contributed by atoms with van der Waals surface area (Å²) < 4.78 is 47.8. The van der Waals surface area contributed by atoms with Crippen molar-refractivity contribution in [2.24, 2.45) is 5.92 Å². The van der Waals surface area contributed by atoms with Gasteiger partial charge in [0.15, 0.2) is 6.10 Å². The SMILES string of the molecule is CCCCCCCC(=O)O[C@@H]1[C@@H](OC(=O)OC(C)(C)C)[C@@]2(CC#C[C@@H](O)[C@H](C)C/C=C/c3ccccc3)O[C@H](C(=O)OC(C)(C)C)[C@@](O)(C(=O)OC(C)(C)C)[C@]1(C(=O)OC(C)(C)C)O2. The van der Waals surface area contributed by atoms with Crippen molar-refractivity contribution < 1.29 is 72.1 Å². The van der Waals surface area contributed by atoms with E-state index in [1.165, 1.54) is 62.3 Å². The van der Waals surface area contributed by atoms with Crippen molar-refractivity contribution in [1.29, 1.82) is 0 Å². The van der Waals surface area contributed by atoms with Gasteiger partial charge in [-0.25, -0.2) is 19.2 Å². The molecule has 0 unspecified atom stereocenters. The quantitative estimate of drug-likeness (QED) is 0.0708. The van der Waals surface area contributed by atoms with Crippen molar-refractivity contribution in [1.82, 2.24) is 0 Å². The summed E-state index contributed by atoms with van der Waals surface area (Å²) in [6, 6.07) is 9.57. The van der Waals surface area contributed by atoms with Gasteiger partial charge in [0.1, 0.15) is 28.5 Å². The maximum absolute atomic E-state index is 15.2. The van der Waals surface area contributed by atoms with E-state index < -0.39 is 106 Å². The van der Waals surface area contributed by atoms with Gasteiger partial charge in [-0.05, 0) is 107 Å². The monoisotopic (exact) mass is 900 g/mol. The minimum atomic E-state index is -3.58. The second kappa shape index (κ2) is 21.2. The van der Waals surface area contributed by atoms with Gasteiger partial charge in [0.05, 0.1) is 6.42 Å². The number of esters is 4. The Morgan fingerprint density at radius 2 is 1.33 bits per heavy atom. The minimum absolute atomic E-state index is 0.208. The second-order valence-corrected chi connectivity index (χ2v) is 20.5. The Kier molecular flexibility index (Phi) is 17.8. The first kappa shape index (κ1) is 53.8. The van der Waals surface area contributed by atoms with Gasteiger partial charge >= 0.3 is 30.0 Å². The molecule has 2 saturated heterocycles. The molecule has 0 radical (unpaired) electrons. The van der Waals surface area contributed by atoms with Crippen LogP contribution in [0.25, 0.3) is 6.08 Å². The van der Waals surface area contributed by atoms with Crippen LogP contribution in [0.2, 0.25) is 0 Å². The number of allylic oxidation sites excluding steroid dienone is 1. The summed E-state index contributed by atoms with van der Waals surface area (Å²) >= 11 is 0. The van der Waals surface area contributed by atoms with Crippen molar-refractivity contribution in [2.75, 3.05) is 0 Å². The van der Waals surface area contributed by atoms with Crippen LogP contribution in [0.4, 0.5) is 4.79 Å². The molecule has 1 aromatic rings. The second-order valence-electron chi connectivity index (χ2n) is 20.5. The molecule has 2 aliphatic heterocycles. The lowest BCUT2D eigenvalue weighted by molar-refractivity contribution is -0.375. The van der Waals surface area contributed by atoms with Crippen LogP contribution < -0.4 is 0 Å². The molecule has 2 fully saturated rings. The molecule has 1 aromatic carbocycles. The number of fused-ring (bicyclic) bond motifs is 2. The fourth-order valence-corrected chi connectivity index (χ4v) is 7.01. The highest BCUT2D eigenvalue weighted by Gasteiger charge is 2.88. The van der Waals surface area contributed by atoms with E-state index in [1.807, 2.05) is 49.4 Å². The molecule has 0 spiro atoms. The summed E-state index contributed by atoms with van der Waals surface area (Å²) in [6.45, 7) is 22.0. The van der Waals surface area contributed by atoms with E-state index in [1.54, 1.807) is 27.7 Å². The normalized spacial score (nSPS) is 25.6. The van der Waals surface area contributed by atoms with Gasteiger partial charge in [0.25, 0.3) is 5.60 Å². The molecular weight excluding hydrogens is 829 g/mol. The Morgan fingerprint density at radius 1 is 0.766 bits per heavy atom. The highest BCUT2D eigenvalue weighted by molar-refractivity contribution is 6.00. The van der Waals surface area contributed by atoms with E-state index in [-0.39, 0.29) is 6.42 Å². The lowest BCUT2D eigenvalue weighted by atomic mass is 9.74. The summed E-state index contributed by atoms with van der Waals surface area (Å²) in [5.41, 5.74) is -11.1. The summed E-state index contributed by atoms with van der Waals surface area (Å²) in [5, 5.41) is 24.5. The van der Waals surface area contributed by atoms with Crippen LogP contribution in [-0.2, 0) is 57.1 Å². The first-order chi connectivity index (χ1) is 29.4. The van der Waals surface area contributed by atoms with Crippen molar-refractivity contribution in [3.05, 3.63) is 42.0 Å². The van der Waals surface area contributed by atoms with Crippen molar-refractivity contribution in [3.63, 3.8) is 0 Å². The molecule has 8 atom stereocenters. The molecule has 358 valence electrons. The average Bonchev–Trinajstić information content (AvgIpc) is 3.36. The lowest BCUT2D eigenvalue weighted by Crippen LogP contribution is -2.79. The summed E-state index contributed by atoms with van der Waals surface area (Å²) in [5.74, 6) is -2.94. The fourth-order valence-electron chi connectivity index (χ4n) is 7.01. The third-order valence-electron chi connectivity index (χ3n) is 9.84. The van der Waals surface area contributed by atoms with E-state index in [0.29, 0.717) is 19.3 Å². The Bertz CT molecular complexity index is 1870. The number of hydrogen-bond acceptors (Lipinski definition) is 15. The van der Waals surface area contributed by atoms with Gasteiger partial charge in [0.2, 0.25) is 23.6 Å². The number of carbonyl (C=O) groups is 5. The zero-order chi connectivity index (χ0) is 48.5. The van der Waals surface area contributed by atoms with Crippen LogP contribution in [0.15, 0.2) is 36.4 Å². The number of rotatable bonds is 16. The predicted octanol–water partition coefficient (Wildman–Crippen LogP) is 7.69. The molecule has 3 rings (SSSR count). The molecule has 2 heterocycles. The zero-order valence-electron chi connectivity index (χ0n) is 40.3. The first-order valence-electron chi connectivity index (χ1n) is 22.2. The van der Waals surface area contributed by atoms with Gasteiger partial charge in [-0.3, -0.25) is 4.79 Å². The highest BCUT2D eigenvalue weighted by Crippen LogP contribution is 2.57. The molecule has 0 saturated carbocycles. The number of hydrogen-bond donors (Lipinski definition) is 2. The smallest absolute Gasteiger partial charge is 0.458 e. The number of ether oxygens (including phenoxy) is 8. The Hall–Kier alpha value is -4.49. The van der Waals surface area contributed by atoms with Crippen LogP contribution >= 0.6 is 0 Å². The molecule has 2 aliphatic rings. The third-order valence-corrected chi connectivity index (χ3v) is 9.84. The third kappa shape index (κ3) is 14.3. The molecule has 2 bridgehead atoms. The van der Waals surface area contributed by atoms with Crippen LogP contribution in [0.1, 0.15) is 154 Å². The summed E-state index contributed by atoms with van der Waals surface area (Å²) in [7, 11) is 0. The van der Waals surface area contributed by atoms with Crippen molar-refractivity contribution in [3.8, 4) is 11.8 Å². The van der Waals surface area contributed by atoms with Crippen LogP contribution in [0.3, 0.4) is 0 Å². The standard InChI is InChI=1S/C49H72O15/c1-15-16-17-18-22-30-35(51)57-37-36(58-42(55)63-46(12,13)14)47(31-24-29-34(50)32(2)25-23-28-33-26-20-19-21-27-33)59-38(39(52)60-43(3,4)5)48(56,40(53)61-44(6,7)8)49(37,64-47)41(54)62-45(9,10)11/h19-21,23,26-28,32,34,36-38,50,56H,15-18,22,25,30-31H2,1-14H3/b28-23+/t32-,34-,36-,37-,38-,47+,48-,49+/m1/s1. The Morgan fingerprint density at radius 3 is 1.89 bits per heavy atom. The number of carbonyl (C=O) groups excluding carboxylic acids is 5. The molecule has 0 aliphatic carbocycles. The zero-order valence-corrected chi connectivity index (χ0v) is 40.3. The molecule has 15 heteroatoms. The maximum Gasteiger partial charge on any atom is 0.509 e. The number of aliphatic hydroxyl groups is 2. The van der Waals surface area contributed by atoms with Gasteiger partial charge in [-0.2, -0.15) is 0 Å². The van der Waals surface area contributed by atoms with Gasteiger partial charge in [-0.15, -0.1) is 0 Å².